The van der Waals surface area contributed by atoms with Crippen LogP contribution < -0.4 is 5.32 Å². The highest BCUT2D eigenvalue weighted by atomic mass is 35.5. The minimum atomic E-state index is 0.144. The van der Waals surface area contributed by atoms with E-state index in [0.29, 0.717) is 0 Å². The molecule has 1 N–H and O–H groups in total. The van der Waals surface area contributed by atoms with Crippen LogP contribution in [0, 0.1) is 0 Å². The first-order valence-corrected chi connectivity index (χ1v) is 7.25. The minimum absolute atomic E-state index is 0.144. The molecule has 0 radical (unpaired) electrons. The molecule has 0 bridgehead atoms. The van der Waals surface area contributed by atoms with Crippen molar-refractivity contribution in [2.75, 3.05) is 7.05 Å². The van der Waals surface area contributed by atoms with Gasteiger partial charge in [0.15, 0.2) is 0 Å². The number of thiophene rings is 1. The van der Waals surface area contributed by atoms with Crippen molar-refractivity contribution < 1.29 is 0 Å². The van der Waals surface area contributed by atoms with Crippen LogP contribution in [-0.4, -0.2) is 12.0 Å². The lowest BCUT2D eigenvalue weighted by Gasteiger charge is -2.17. The average Bonchev–Trinajstić information content (AvgIpc) is 2.86. The van der Waals surface area contributed by atoms with Crippen LogP contribution in [-0.2, 0) is 0 Å². The van der Waals surface area contributed by atoms with Gasteiger partial charge in [0, 0.05) is 16.5 Å². The van der Waals surface area contributed by atoms with E-state index in [9.17, 15) is 0 Å². The highest BCUT2D eigenvalue weighted by molar-refractivity contribution is 7.16. The van der Waals surface area contributed by atoms with Crippen molar-refractivity contribution in [2.24, 2.45) is 0 Å². The Morgan fingerprint density at radius 2 is 2.05 bits per heavy atom. The summed E-state index contributed by atoms with van der Waals surface area (Å²) in [5, 5.41) is 4.54. The number of halogens is 1. The maximum Gasteiger partial charge on any atom is 0.0931 e. The smallest absolute Gasteiger partial charge is 0.0931 e. The van der Waals surface area contributed by atoms with Gasteiger partial charge in [-0.1, -0.05) is 29.8 Å². The van der Waals surface area contributed by atoms with Gasteiger partial charge >= 0.3 is 0 Å². The fourth-order valence-corrected chi connectivity index (χ4v) is 3.50. The molecule has 0 spiro atoms. The lowest BCUT2D eigenvalue weighted by molar-refractivity contribution is 0.709. The molecule has 0 saturated heterocycles. The van der Waals surface area contributed by atoms with Crippen LogP contribution in [0.3, 0.4) is 0 Å². The molecule has 2 aromatic heterocycles. The van der Waals surface area contributed by atoms with E-state index in [-0.39, 0.29) is 6.04 Å². The number of nitrogens with one attached hydrogen (secondary N) is 1. The molecular weight excluding hydrogens is 276 g/mol. The van der Waals surface area contributed by atoms with Crippen molar-refractivity contribution in [1.29, 1.82) is 0 Å². The molecule has 3 aromatic rings. The van der Waals surface area contributed by atoms with E-state index in [1.54, 1.807) is 11.3 Å². The Bertz CT molecular complexity index is 703. The number of aromatic nitrogens is 1. The Balaban J connectivity index is 2.16. The van der Waals surface area contributed by atoms with E-state index in [0.717, 1.165) is 9.85 Å². The molecule has 96 valence electrons. The first kappa shape index (κ1) is 12.6. The summed E-state index contributed by atoms with van der Waals surface area (Å²) in [6.45, 7) is 0. The number of hydrogen-bond acceptors (Lipinski definition) is 3. The monoisotopic (exact) mass is 288 g/mol. The maximum absolute atomic E-state index is 6.05. The predicted molar refractivity (Wildman–Crippen MR) is 82.0 cm³/mol. The molecule has 4 heteroatoms. The second-order valence-electron chi connectivity index (χ2n) is 4.28. The SMILES string of the molecule is CNC(c1ccc(Cl)s1)c1cccc2ncccc12. The third-order valence-electron chi connectivity index (χ3n) is 3.16. The number of hydrogen-bond donors (Lipinski definition) is 1. The number of benzene rings is 1. The number of nitrogens with zero attached hydrogens (tertiary/aromatic N) is 1. The lowest BCUT2D eigenvalue weighted by Crippen LogP contribution is -2.16. The first-order valence-electron chi connectivity index (χ1n) is 6.06. The number of rotatable bonds is 3. The van der Waals surface area contributed by atoms with Crippen molar-refractivity contribution in [3.8, 4) is 0 Å². The molecule has 2 nitrogen and oxygen atoms in total. The summed E-state index contributed by atoms with van der Waals surface area (Å²) in [5.41, 5.74) is 2.24. The Hall–Kier alpha value is -1.42. The summed E-state index contributed by atoms with van der Waals surface area (Å²) in [7, 11) is 1.97. The topological polar surface area (TPSA) is 24.9 Å². The van der Waals surface area contributed by atoms with E-state index in [2.05, 4.69) is 28.5 Å². The quantitative estimate of drug-likeness (QED) is 0.779. The van der Waals surface area contributed by atoms with E-state index in [1.807, 2.05) is 37.5 Å². The van der Waals surface area contributed by atoms with Crippen molar-refractivity contribution >= 4 is 33.8 Å². The minimum Gasteiger partial charge on any atom is -0.309 e. The predicted octanol–water partition coefficient (Wildman–Crippen LogP) is 4.26. The van der Waals surface area contributed by atoms with Gasteiger partial charge in [0.05, 0.1) is 15.9 Å². The summed E-state index contributed by atoms with van der Waals surface area (Å²) in [6, 6.07) is 14.5. The van der Waals surface area contributed by atoms with Crippen LogP contribution >= 0.6 is 22.9 Å². The van der Waals surface area contributed by atoms with Gasteiger partial charge in [-0.25, -0.2) is 0 Å². The molecule has 0 amide bonds. The molecule has 0 saturated carbocycles. The van der Waals surface area contributed by atoms with Gasteiger partial charge < -0.3 is 5.32 Å². The fourth-order valence-electron chi connectivity index (χ4n) is 2.31. The zero-order chi connectivity index (χ0) is 13.2. The lowest BCUT2D eigenvalue weighted by atomic mass is 10.0. The summed E-state index contributed by atoms with van der Waals surface area (Å²) in [5.74, 6) is 0. The van der Waals surface area contributed by atoms with Crippen molar-refractivity contribution in [3.05, 3.63) is 63.4 Å². The van der Waals surface area contributed by atoms with Gasteiger partial charge in [-0.2, -0.15) is 0 Å². The van der Waals surface area contributed by atoms with Gasteiger partial charge in [-0.15, -0.1) is 11.3 Å². The average molecular weight is 289 g/mol. The maximum atomic E-state index is 6.05. The Kier molecular flexibility index (Phi) is 3.51. The summed E-state index contributed by atoms with van der Waals surface area (Å²) >= 11 is 7.65. The van der Waals surface area contributed by atoms with Gasteiger partial charge in [0.2, 0.25) is 0 Å². The highest BCUT2D eigenvalue weighted by Gasteiger charge is 2.16. The molecular formula is C15H13ClN2S. The molecule has 1 atom stereocenters. The van der Waals surface area contributed by atoms with Crippen molar-refractivity contribution in [2.45, 2.75) is 6.04 Å². The van der Waals surface area contributed by atoms with E-state index in [1.165, 1.54) is 15.8 Å². The van der Waals surface area contributed by atoms with E-state index in [4.69, 9.17) is 11.6 Å². The van der Waals surface area contributed by atoms with Crippen LogP contribution in [0.5, 0.6) is 0 Å². The summed E-state index contributed by atoms with van der Waals surface area (Å²) in [6.07, 6.45) is 1.82. The number of fused-ring (bicyclic) bond motifs is 1. The van der Waals surface area contributed by atoms with E-state index >= 15 is 0 Å². The van der Waals surface area contributed by atoms with Gasteiger partial charge in [0.1, 0.15) is 0 Å². The highest BCUT2D eigenvalue weighted by Crippen LogP contribution is 2.33. The molecule has 19 heavy (non-hydrogen) atoms. The standard InChI is InChI=1S/C15H13ClN2S/c1-17-15(13-7-8-14(16)19-13)11-4-2-6-12-10(11)5-3-9-18-12/h2-9,15,17H,1H3. The van der Waals surface area contributed by atoms with Gasteiger partial charge in [0.25, 0.3) is 0 Å². The summed E-state index contributed by atoms with van der Waals surface area (Å²) < 4.78 is 0.814. The summed E-state index contributed by atoms with van der Waals surface area (Å²) in [4.78, 5) is 5.62. The largest absolute Gasteiger partial charge is 0.309 e. The van der Waals surface area contributed by atoms with E-state index < -0.39 is 0 Å². The second-order valence-corrected chi connectivity index (χ2v) is 6.03. The number of pyridine rings is 1. The fraction of sp³-hybridized carbons (Fsp3) is 0.133. The van der Waals surface area contributed by atoms with Crippen LogP contribution in [0.25, 0.3) is 10.9 Å². The molecule has 0 aliphatic rings. The molecule has 0 aliphatic carbocycles. The first-order chi connectivity index (χ1) is 9.29. The van der Waals surface area contributed by atoms with Crippen molar-refractivity contribution in [3.63, 3.8) is 0 Å². The molecule has 0 aliphatic heterocycles. The molecule has 2 heterocycles. The normalized spacial score (nSPS) is 12.7. The Morgan fingerprint density at radius 3 is 2.79 bits per heavy atom. The van der Waals surface area contributed by atoms with Crippen LogP contribution in [0.15, 0.2) is 48.7 Å². The molecule has 1 aromatic carbocycles. The molecule has 3 rings (SSSR count). The zero-order valence-electron chi connectivity index (χ0n) is 10.4. The zero-order valence-corrected chi connectivity index (χ0v) is 12.0. The van der Waals surface area contributed by atoms with Crippen LogP contribution in [0.4, 0.5) is 0 Å². The van der Waals surface area contributed by atoms with Gasteiger partial charge in [-0.05, 0) is 36.9 Å². The third kappa shape index (κ3) is 2.37. The van der Waals surface area contributed by atoms with Gasteiger partial charge in [-0.3, -0.25) is 4.98 Å². The van der Waals surface area contributed by atoms with Crippen LogP contribution in [0.2, 0.25) is 4.34 Å². The molecule has 0 fully saturated rings. The second kappa shape index (κ2) is 5.29. The Labute approximate surface area is 121 Å². The Morgan fingerprint density at radius 1 is 1.16 bits per heavy atom. The van der Waals surface area contributed by atoms with Crippen molar-refractivity contribution in [1.82, 2.24) is 10.3 Å². The van der Waals surface area contributed by atoms with Crippen LogP contribution in [0.1, 0.15) is 16.5 Å². The molecule has 1 unspecified atom stereocenters. The third-order valence-corrected chi connectivity index (χ3v) is 4.45.